The predicted molar refractivity (Wildman–Crippen MR) is 83.5 cm³/mol. The second-order valence-electron chi connectivity index (χ2n) is 4.88. The molecule has 1 unspecified atom stereocenters. The second kappa shape index (κ2) is 6.99. The standard InChI is InChI=1S/C15H20BrN3O/c1-4-6-17-13(5-2)15-19-18-14(20-15)11-7-10(3)8-12(16)9-11/h7-9,13,17H,4-6H2,1-3H3. The van der Waals surface area contributed by atoms with E-state index in [-0.39, 0.29) is 6.04 Å². The lowest BCUT2D eigenvalue weighted by Gasteiger charge is -2.11. The fourth-order valence-electron chi connectivity index (χ4n) is 2.08. The molecule has 0 fully saturated rings. The molecule has 1 atom stereocenters. The van der Waals surface area contributed by atoms with E-state index in [1.165, 1.54) is 0 Å². The van der Waals surface area contributed by atoms with Gasteiger partial charge >= 0.3 is 0 Å². The van der Waals surface area contributed by atoms with Crippen LogP contribution in [-0.2, 0) is 0 Å². The van der Waals surface area contributed by atoms with Gasteiger partial charge in [-0.15, -0.1) is 10.2 Å². The molecule has 2 rings (SSSR count). The fourth-order valence-corrected chi connectivity index (χ4v) is 2.68. The average Bonchev–Trinajstić information content (AvgIpc) is 2.88. The first-order valence-corrected chi connectivity index (χ1v) is 7.77. The Morgan fingerprint density at radius 3 is 2.70 bits per heavy atom. The highest BCUT2D eigenvalue weighted by molar-refractivity contribution is 9.10. The Morgan fingerprint density at radius 1 is 1.25 bits per heavy atom. The molecule has 0 aliphatic heterocycles. The average molecular weight is 338 g/mol. The Labute approximate surface area is 128 Å². The highest BCUT2D eigenvalue weighted by atomic mass is 79.9. The SMILES string of the molecule is CCCNC(CC)c1nnc(-c2cc(C)cc(Br)c2)o1. The molecule has 0 spiro atoms. The molecule has 1 aromatic carbocycles. The van der Waals surface area contributed by atoms with Crippen molar-refractivity contribution >= 4 is 15.9 Å². The summed E-state index contributed by atoms with van der Waals surface area (Å²) in [6.45, 7) is 7.25. The van der Waals surface area contributed by atoms with E-state index in [0.29, 0.717) is 11.8 Å². The summed E-state index contributed by atoms with van der Waals surface area (Å²) in [7, 11) is 0. The maximum absolute atomic E-state index is 5.82. The van der Waals surface area contributed by atoms with Gasteiger partial charge in [0.2, 0.25) is 11.8 Å². The minimum absolute atomic E-state index is 0.129. The number of nitrogens with zero attached hydrogens (tertiary/aromatic N) is 2. The van der Waals surface area contributed by atoms with Crippen molar-refractivity contribution in [2.75, 3.05) is 6.54 Å². The number of halogens is 1. The molecule has 0 radical (unpaired) electrons. The van der Waals surface area contributed by atoms with E-state index in [2.05, 4.69) is 51.4 Å². The molecule has 0 aliphatic carbocycles. The Bertz CT molecular complexity index is 548. The van der Waals surface area contributed by atoms with Gasteiger partial charge in [0.1, 0.15) is 0 Å². The van der Waals surface area contributed by atoms with E-state index in [0.717, 1.165) is 35.0 Å². The molecule has 5 heteroatoms. The van der Waals surface area contributed by atoms with Crippen LogP contribution in [0.5, 0.6) is 0 Å². The van der Waals surface area contributed by atoms with Gasteiger partial charge in [-0.05, 0) is 50.1 Å². The summed E-state index contributed by atoms with van der Waals surface area (Å²) in [6, 6.07) is 6.22. The number of benzene rings is 1. The van der Waals surface area contributed by atoms with Gasteiger partial charge in [-0.25, -0.2) is 0 Å². The Hall–Kier alpha value is -1.20. The largest absolute Gasteiger partial charge is 0.419 e. The van der Waals surface area contributed by atoms with Crippen LogP contribution in [0.1, 0.15) is 44.2 Å². The molecule has 1 N–H and O–H groups in total. The third-order valence-electron chi connectivity index (χ3n) is 3.08. The Morgan fingerprint density at radius 2 is 2.05 bits per heavy atom. The maximum atomic E-state index is 5.82. The van der Waals surface area contributed by atoms with E-state index in [1.54, 1.807) is 0 Å². The summed E-state index contributed by atoms with van der Waals surface area (Å²) < 4.78 is 6.84. The summed E-state index contributed by atoms with van der Waals surface area (Å²) >= 11 is 3.49. The molecule has 1 aromatic heterocycles. The molecule has 1 heterocycles. The molecule has 2 aromatic rings. The van der Waals surface area contributed by atoms with Crippen molar-refractivity contribution < 1.29 is 4.42 Å². The van der Waals surface area contributed by atoms with Gasteiger partial charge in [-0.3, -0.25) is 0 Å². The third kappa shape index (κ3) is 3.67. The number of rotatable bonds is 6. The Balaban J connectivity index is 2.23. The van der Waals surface area contributed by atoms with E-state index in [1.807, 2.05) is 19.1 Å². The van der Waals surface area contributed by atoms with Crippen LogP contribution in [0.2, 0.25) is 0 Å². The van der Waals surface area contributed by atoms with Crippen molar-refractivity contribution in [3.8, 4) is 11.5 Å². The molecular formula is C15H20BrN3O. The zero-order valence-electron chi connectivity index (χ0n) is 12.1. The lowest BCUT2D eigenvalue weighted by Crippen LogP contribution is -2.21. The quantitative estimate of drug-likeness (QED) is 0.855. The van der Waals surface area contributed by atoms with Crippen molar-refractivity contribution in [3.63, 3.8) is 0 Å². The zero-order chi connectivity index (χ0) is 14.5. The number of aromatic nitrogens is 2. The topological polar surface area (TPSA) is 51.0 Å². The molecular weight excluding hydrogens is 318 g/mol. The van der Waals surface area contributed by atoms with Crippen LogP contribution < -0.4 is 5.32 Å². The third-order valence-corrected chi connectivity index (χ3v) is 3.53. The van der Waals surface area contributed by atoms with Gasteiger partial charge in [-0.1, -0.05) is 29.8 Å². The van der Waals surface area contributed by atoms with Crippen molar-refractivity contribution in [2.24, 2.45) is 0 Å². The van der Waals surface area contributed by atoms with Gasteiger partial charge in [-0.2, -0.15) is 0 Å². The van der Waals surface area contributed by atoms with Crippen LogP contribution >= 0.6 is 15.9 Å². The van der Waals surface area contributed by atoms with Gasteiger partial charge in [0.05, 0.1) is 6.04 Å². The number of nitrogens with one attached hydrogen (secondary N) is 1. The molecule has 0 amide bonds. The van der Waals surface area contributed by atoms with Crippen LogP contribution in [0.15, 0.2) is 27.1 Å². The van der Waals surface area contributed by atoms with Crippen molar-refractivity contribution in [3.05, 3.63) is 34.1 Å². The van der Waals surface area contributed by atoms with Crippen LogP contribution in [0, 0.1) is 6.92 Å². The minimum atomic E-state index is 0.129. The molecule has 20 heavy (non-hydrogen) atoms. The van der Waals surface area contributed by atoms with Crippen LogP contribution in [0.25, 0.3) is 11.5 Å². The lowest BCUT2D eigenvalue weighted by molar-refractivity contribution is 0.396. The first kappa shape index (κ1) is 15.2. The van der Waals surface area contributed by atoms with Crippen molar-refractivity contribution in [1.29, 1.82) is 0 Å². The van der Waals surface area contributed by atoms with Gasteiger partial charge in [0, 0.05) is 10.0 Å². The summed E-state index contributed by atoms with van der Waals surface area (Å²) in [4.78, 5) is 0. The van der Waals surface area contributed by atoms with Gasteiger partial charge < -0.3 is 9.73 Å². The highest BCUT2D eigenvalue weighted by Gasteiger charge is 2.17. The lowest BCUT2D eigenvalue weighted by atomic mass is 10.1. The van der Waals surface area contributed by atoms with E-state index >= 15 is 0 Å². The number of aryl methyl sites for hydroxylation is 1. The van der Waals surface area contributed by atoms with E-state index < -0.39 is 0 Å². The first-order chi connectivity index (χ1) is 9.63. The molecule has 0 bridgehead atoms. The summed E-state index contributed by atoms with van der Waals surface area (Å²) in [5, 5.41) is 11.8. The smallest absolute Gasteiger partial charge is 0.247 e. The molecule has 4 nitrogen and oxygen atoms in total. The first-order valence-electron chi connectivity index (χ1n) is 6.98. The van der Waals surface area contributed by atoms with Crippen LogP contribution in [0.3, 0.4) is 0 Å². The monoisotopic (exact) mass is 337 g/mol. The fraction of sp³-hybridized carbons (Fsp3) is 0.467. The molecule has 0 saturated heterocycles. The molecule has 108 valence electrons. The zero-order valence-corrected chi connectivity index (χ0v) is 13.7. The number of hydrogen-bond acceptors (Lipinski definition) is 4. The maximum Gasteiger partial charge on any atom is 0.247 e. The summed E-state index contributed by atoms with van der Waals surface area (Å²) in [5.41, 5.74) is 2.10. The second-order valence-corrected chi connectivity index (χ2v) is 5.79. The summed E-state index contributed by atoms with van der Waals surface area (Å²) in [5.74, 6) is 1.23. The molecule has 0 aliphatic rings. The normalized spacial score (nSPS) is 12.6. The van der Waals surface area contributed by atoms with E-state index in [4.69, 9.17) is 4.42 Å². The number of hydrogen-bond donors (Lipinski definition) is 1. The van der Waals surface area contributed by atoms with Gasteiger partial charge in [0.25, 0.3) is 0 Å². The Kier molecular flexibility index (Phi) is 5.31. The van der Waals surface area contributed by atoms with Gasteiger partial charge in [0.15, 0.2) is 0 Å². The van der Waals surface area contributed by atoms with Crippen LogP contribution in [0.4, 0.5) is 0 Å². The highest BCUT2D eigenvalue weighted by Crippen LogP contribution is 2.26. The van der Waals surface area contributed by atoms with Crippen molar-refractivity contribution in [2.45, 2.75) is 39.7 Å². The minimum Gasteiger partial charge on any atom is -0.419 e. The summed E-state index contributed by atoms with van der Waals surface area (Å²) in [6.07, 6.45) is 2.02. The van der Waals surface area contributed by atoms with Crippen molar-refractivity contribution in [1.82, 2.24) is 15.5 Å². The predicted octanol–water partition coefficient (Wildman–Crippen LogP) is 4.26. The van der Waals surface area contributed by atoms with Crippen LogP contribution in [-0.4, -0.2) is 16.7 Å². The van der Waals surface area contributed by atoms with E-state index in [9.17, 15) is 0 Å². The molecule has 0 saturated carbocycles.